The lowest BCUT2D eigenvalue weighted by Crippen LogP contribution is -2.50. The molecule has 0 saturated carbocycles. The lowest BCUT2D eigenvalue weighted by molar-refractivity contribution is -0.147. The van der Waals surface area contributed by atoms with Gasteiger partial charge in [-0.2, -0.15) is 0 Å². The molecule has 1 aliphatic heterocycles. The topological polar surface area (TPSA) is 105 Å². The molecule has 2 atom stereocenters. The second-order valence-electron chi connectivity index (χ2n) is 8.15. The van der Waals surface area contributed by atoms with Gasteiger partial charge in [0.05, 0.1) is 7.11 Å². The van der Waals surface area contributed by atoms with Crippen LogP contribution in [0.15, 0.2) is 42.5 Å². The molecule has 1 aliphatic rings. The molecule has 8 heteroatoms. The number of urea groups is 1. The highest BCUT2D eigenvalue weighted by atomic mass is 16.5. The fourth-order valence-electron chi connectivity index (χ4n) is 4.16. The van der Waals surface area contributed by atoms with Gasteiger partial charge in [-0.05, 0) is 35.2 Å². The summed E-state index contributed by atoms with van der Waals surface area (Å²) in [5, 5.41) is 7.31. The molecule has 170 valence electrons. The number of imide groups is 1. The standard InChI is InChI=1S/C24H29N3O5/c1-5-15(6-2)20(21(29)32-4)25-19(28)14-27-22(30)24(3,26-23(27)31)18-12-11-16-9-7-8-10-17(16)13-18/h7-13,15,20H,5-6,14H2,1-4H3,(H,25,28)(H,26,31). The molecule has 2 aromatic carbocycles. The molecule has 0 aromatic heterocycles. The zero-order valence-electron chi connectivity index (χ0n) is 18.8. The maximum Gasteiger partial charge on any atom is 0.328 e. The van der Waals surface area contributed by atoms with Crippen LogP contribution in [0, 0.1) is 5.92 Å². The number of rotatable bonds is 8. The van der Waals surface area contributed by atoms with Gasteiger partial charge in [0, 0.05) is 0 Å². The SMILES string of the molecule is CCC(CC)C(NC(=O)CN1C(=O)NC(C)(c2ccc3ccccc3c2)C1=O)C(=O)OC. The Labute approximate surface area is 187 Å². The van der Waals surface area contributed by atoms with Crippen LogP contribution in [0.4, 0.5) is 4.79 Å². The van der Waals surface area contributed by atoms with E-state index in [-0.39, 0.29) is 5.92 Å². The van der Waals surface area contributed by atoms with Gasteiger partial charge in [-0.3, -0.25) is 14.5 Å². The van der Waals surface area contributed by atoms with Crippen molar-refractivity contribution in [2.75, 3.05) is 13.7 Å². The summed E-state index contributed by atoms with van der Waals surface area (Å²) in [5.74, 6) is -1.79. The third kappa shape index (κ3) is 4.30. The van der Waals surface area contributed by atoms with Gasteiger partial charge < -0.3 is 15.4 Å². The Balaban J connectivity index is 1.79. The average Bonchev–Trinajstić information content (AvgIpc) is 3.02. The Morgan fingerprint density at radius 3 is 2.38 bits per heavy atom. The zero-order chi connectivity index (χ0) is 23.5. The van der Waals surface area contributed by atoms with Crippen molar-refractivity contribution in [3.8, 4) is 0 Å². The van der Waals surface area contributed by atoms with Crippen LogP contribution in [0.5, 0.6) is 0 Å². The monoisotopic (exact) mass is 439 g/mol. The fourth-order valence-corrected chi connectivity index (χ4v) is 4.16. The predicted octanol–water partition coefficient (Wildman–Crippen LogP) is 2.70. The van der Waals surface area contributed by atoms with Crippen molar-refractivity contribution in [1.82, 2.24) is 15.5 Å². The number of carbonyl (C=O) groups excluding carboxylic acids is 4. The molecule has 0 radical (unpaired) electrons. The minimum atomic E-state index is -1.29. The molecule has 2 aromatic rings. The van der Waals surface area contributed by atoms with Crippen LogP contribution in [0.2, 0.25) is 0 Å². The van der Waals surface area contributed by atoms with E-state index >= 15 is 0 Å². The van der Waals surface area contributed by atoms with Gasteiger partial charge in [-0.25, -0.2) is 9.59 Å². The summed E-state index contributed by atoms with van der Waals surface area (Å²) in [5.41, 5.74) is -0.666. The first-order chi connectivity index (χ1) is 15.2. The molecule has 3 rings (SSSR count). The third-order valence-corrected chi connectivity index (χ3v) is 6.20. The summed E-state index contributed by atoms with van der Waals surface area (Å²) in [7, 11) is 1.26. The predicted molar refractivity (Wildman–Crippen MR) is 120 cm³/mol. The number of methoxy groups -OCH3 is 1. The van der Waals surface area contributed by atoms with E-state index in [4.69, 9.17) is 4.74 Å². The van der Waals surface area contributed by atoms with Crippen LogP contribution in [-0.4, -0.2) is 48.4 Å². The van der Waals surface area contributed by atoms with E-state index in [1.54, 1.807) is 13.0 Å². The summed E-state index contributed by atoms with van der Waals surface area (Å²) in [4.78, 5) is 51.6. The van der Waals surface area contributed by atoms with Crippen LogP contribution in [-0.2, 0) is 24.7 Å². The minimum absolute atomic E-state index is 0.114. The van der Waals surface area contributed by atoms with Crippen LogP contribution in [0.3, 0.4) is 0 Å². The number of nitrogens with zero attached hydrogens (tertiary/aromatic N) is 1. The van der Waals surface area contributed by atoms with E-state index in [1.165, 1.54) is 7.11 Å². The van der Waals surface area contributed by atoms with Crippen molar-refractivity contribution in [2.24, 2.45) is 5.92 Å². The normalized spacial score (nSPS) is 19.2. The molecule has 0 spiro atoms. The summed E-state index contributed by atoms with van der Waals surface area (Å²) in [6.07, 6.45) is 1.33. The van der Waals surface area contributed by atoms with Gasteiger partial charge in [0.25, 0.3) is 5.91 Å². The number of esters is 1. The smallest absolute Gasteiger partial charge is 0.328 e. The van der Waals surface area contributed by atoms with Gasteiger partial charge in [0.15, 0.2) is 0 Å². The molecule has 2 N–H and O–H groups in total. The summed E-state index contributed by atoms with van der Waals surface area (Å²) in [6, 6.07) is 11.8. The van der Waals surface area contributed by atoms with E-state index in [0.717, 1.165) is 15.7 Å². The highest BCUT2D eigenvalue weighted by Crippen LogP contribution is 2.31. The Bertz CT molecular complexity index is 1050. The van der Waals surface area contributed by atoms with Gasteiger partial charge in [0.2, 0.25) is 5.91 Å². The van der Waals surface area contributed by atoms with E-state index < -0.39 is 41.9 Å². The Hall–Kier alpha value is -3.42. The number of hydrogen-bond donors (Lipinski definition) is 2. The molecule has 32 heavy (non-hydrogen) atoms. The molecule has 1 heterocycles. The number of fused-ring (bicyclic) bond motifs is 1. The summed E-state index contributed by atoms with van der Waals surface area (Å²) >= 11 is 0. The lowest BCUT2D eigenvalue weighted by atomic mass is 9.90. The Kier molecular flexibility index (Phi) is 6.81. The molecular weight excluding hydrogens is 410 g/mol. The molecule has 0 bridgehead atoms. The zero-order valence-corrected chi connectivity index (χ0v) is 18.8. The number of benzene rings is 2. The van der Waals surface area contributed by atoms with Gasteiger partial charge in [-0.15, -0.1) is 0 Å². The maximum atomic E-state index is 13.2. The molecule has 1 fully saturated rings. The van der Waals surface area contributed by atoms with Crippen LogP contribution in [0.25, 0.3) is 10.8 Å². The third-order valence-electron chi connectivity index (χ3n) is 6.20. The van der Waals surface area contributed by atoms with E-state index in [2.05, 4.69) is 10.6 Å². The number of nitrogens with one attached hydrogen (secondary N) is 2. The van der Waals surface area contributed by atoms with Crippen molar-refractivity contribution in [2.45, 2.75) is 45.2 Å². The highest BCUT2D eigenvalue weighted by molar-refractivity contribution is 6.09. The maximum absolute atomic E-state index is 13.2. The molecule has 2 unspecified atom stereocenters. The van der Waals surface area contributed by atoms with Gasteiger partial charge in [-0.1, -0.05) is 63.1 Å². The molecule has 4 amide bonds. The molecular formula is C24H29N3O5. The number of amides is 4. The lowest BCUT2D eigenvalue weighted by Gasteiger charge is -2.25. The second kappa shape index (κ2) is 9.38. The Morgan fingerprint density at radius 1 is 1.09 bits per heavy atom. The number of ether oxygens (including phenoxy) is 1. The summed E-state index contributed by atoms with van der Waals surface area (Å²) in [6.45, 7) is 4.98. The average molecular weight is 440 g/mol. The van der Waals surface area contributed by atoms with Crippen molar-refractivity contribution < 1.29 is 23.9 Å². The second-order valence-corrected chi connectivity index (χ2v) is 8.15. The number of carbonyl (C=O) groups is 4. The van der Waals surface area contributed by atoms with E-state index in [0.29, 0.717) is 18.4 Å². The fraction of sp³-hybridized carbons (Fsp3) is 0.417. The molecule has 8 nitrogen and oxygen atoms in total. The Morgan fingerprint density at radius 2 is 1.75 bits per heavy atom. The van der Waals surface area contributed by atoms with Crippen molar-refractivity contribution in [3.63, 3.8) is 0 Å². The van der Waals surface area contributed by atoms with Crippen molar-refractivity contribution in [1.29, 1.82) is 0 Å². The van der Waals surface area contributed by atoms with Crippen LogP contribution in [0.1, 0.15) is 39.2 Å². The molecule has 0 aliphatic carbocycles. The van der Waals surface area contributed by atoms with Gasteiger partial charge in [0.1, 0.15) is 18.1 Å². The highest BCUT2D eigenvalue weighted by Gasteiger charge is 2.49. The van der Waals surface area contributed by atoms with Crippen LogP contribution >= 0.6 is 0 Å². The first-order valence-corrected chi connectivity index (χ1v) is 10.8. The van der Waals surface area contributed by atoms with E-state index in [9.17, 15) is 19.2 Å². The quantitative estimate of drug-likeness (QED) is 0.486. The first-order valence-electron chi connectivity index (χ1n) is 10.8. The van der Waals surface area contributed by atoms with Crippen molar-refractivity contribution in [3.05, 3.63) is 48.0 Å². The van der Waals surface area contributed by atoms with Crippen LogP contribution < -0.4 is 10.6 Å². The van der Waals surface area contributed by atoms with Crippen molar-refractivity contribution >= 4 is 34.6 Å². The molecule has 1 saturated heterocycles. The summed E-state index contributed by atoms with van der Waals surface area (Å²) < 4.78 is 4.82. The van der Waals surface area contributed by atoms with E-state index in [1.807, 2.05) is 50.2 Å². The van der Waals surface area contributed by atoms with Gasteiger partial charge >= 0.3 is 12.0 Å². The number of hydrogen-bond acceptors (Lipinski definition) is 5. The first kappa shape index (κ1) is 23.2. The largest absolute Gasteiger partial charge is 0.467 e. The minimum Gasteiger partial charge on any atom is -0.467 e.